The van der Waals surface area contributed by atoms with Gasteiger partial charge in [0.2, 0.25) is 15.9 Å². The molecule has 1 aliphatic rings. The summed E-state index contributed by atoms with van der Waals surface area (Å²) in [4.78, 5) is 12.2. The second kappa shape index (κ2) is 9.00. The first kappa shape index (κ1) is 20.9. The predicted octanol–water partition coefficient (Wildman–Crippen LogP) is 3.91. The molecule has 5 nitrogen and oxygen atoms in total. The number of unbranched alkanes of at least 4 members (excludes halogenated alkanes) is 1. The molecule has 2 rings (SSSR count). The van der Waals surface area contributed by atoms with Crippen molar-refractivity contribution in [2.45, 2.75) is 64.7 Å². The van der Waals surface area contributed by atoms with E-state index in [0.29, 0.717) is 32.4 Å². The van der Waals surface area contributed by atoms with Crippen LogP contribution in [0.4, 0.5) is 5.69 Å². The normalized spacial score (nSPS) is 16.4. The molecular weight excluding hydrogens is 348 g/mol. The summed E-state index contributed by atoms with van der Waals surface area (Å²) in [5, 5.41) is 2.98. The lowest BCUT2D eigenvalue weighted by Crippen LogP contribution is -2.37. The molecule has 1 fully saturated rings. The summed E-state index contributed by atoms with van der Waals surface area (Å²) in [5.41, 5.74) is 1.89. The molecule has 0 bridgehead atoms. The van der Waals surface area contributed by atoms with Gasteiger partial charge in [0.25, 0.3) is 0 Å². The molecule has 1 aromatic rings. The third-order valence-electron chi connectivity index (χ3n) is 4.77. The number of sulfonamides is 1. The first-order valence-electron chi connectivity index (χ1n) is 9.57. The van der Waals surface area contributed by atoms with E-state index in [4.69, 9.17) is 0 Å². The lowest BCUT2D eigenvalue weighted by Gasteiger charge is -2.25. The summed E-state index contributed by atoms with van der Waals surface area (Å²) in [7, 11) is -3.16. The summed E-state index contributed by atoms with van der Waals surface area (Å²) in [6, 6.07) is 7.83. The van der Waals surface area contributed by atoms with Crippen LogP contribution in [0.2, 0.25) is 0 Å². The Balaban J connectivity index is 1.79. The van der Waals surface area contributed by atoms with Crippen LogP contribution in [0.25, 0.3) is 0 Å². The van der Waals surface area contributed by atoms with Gasteiger partial charge in [-0.2, -0.15) is 0 Å². The van der Waals surface area contributed by atoms with Gasteiger partial charge in [-0.1, -0.05) is 45.4 Å². The molecule has 146 valence electrons. The number of amides is 1. The van der Waals surface area contributed by atoms with E-state index in [0.717, 1.165) is 30.5 Å². The molecule has 0 aromatic heterocycles. The van der Waals surface area contributed by atoms with Crippen molar-refractivity contribution in [2.75, 3.05) is 24.2 Å². The number of rotatable bonds is 7. The minimum atomic E-state index is -3.16. The topological polar surface area (TPSA) is 66.5 Å². The van der Waals surface area contributed by atoms with Crippen molar-refractivity contribution in [3.63, 3.8) is 0 Å². The van der Waals surface area contributed by atoms with Gasteiger partial charge in [-0.05, 0) is 42.7 Å². The Labute approximate surface area is 158 Å². The summed E-state index contributed by atoms with van der Waals surface area (Å²) >= 11 is 0. The van der Waals surface area contributed by atoms with Crippen LogP contribution in [-0.4, -0.2) is 37.5 Å². The van der Waals surface area contributed by atoms with Gasteiger partial charge in [-0.3, -0.25) is 4.79 Å². The molecule has 6 heteroatoms. The minimum Gasteiger partial charge on any atom is -0.326 e. The first-order valence-corrected chi connectivity index (χ1v) is 11.2. The number of nitrogens with zero attached hydrogens (tertiary/aromatic N) is 1. The monoisotopic (exact) mass is 380 g/mol. The fourth-order valence-corrected chi connectivity index (χ4v) is 4.94. The van der Waals surface area contributed by atoms with Crippen molar-refractivity contribution in [1.82, 2.24) is 4.31 Å². The smallest absolute Gasteiger partial charge is 0.224 e. The second-order valence-electron chi connectivity index (χ2n) is 8.08. The maximum absolute atomic E-state index is 12.3. The molecule has 0 spiro atoms. The number of anilines is 1. The number of piperidine rings is 1. The summed E-state index contributed by atoms with van der Waals surface area (Å²) in [5.74, 6) is 0.0795. The van der Waals surface area contributed by atoms with Crippen LogP contribution in [-0.2, 0) is 20.2 Å². The molecule has 0 saturated carbocycles. The van der Waals surface area contributed by atoms with E-state index in [1.165, 1.54) is 0 Å². The van der Waals surface area contributed by atoms with Crippen LogP contribution >= 0.6 is 0 Å². The van der Waals surface area contributed by atoms with Gasteiger partial charge in [-0.15, -0.1) is 0 Å². The zero-order chi connectivity index (χ0) is 19.2. The summed E-state index contributed by atoms with van der Waals surface area (Å²) < 4.78 is 26.2. The molecule has 0 aliphatic carbocycles. The summed E-state index contributed by atoms with van der Waals surface area (Å²) in [6.07, 6.45) is 4.46. The molecule has 0 atom stereocenters. The Morgan fingerprint density at radius 3 is 2.38 bits per heavy atom. The Kier molecular flexibility index (Phi) is 7.24. The molecule has 0 unspecified atom stereocenters. The SMILES string of the molecule is CC(C)(C)c1ccccc1NC(=O)CCCCS(=O)(=O)N1CCCCC1. The van der Waals surface area contributed by atoms with Crippen LogP contribution in [0.1, 0.15) is 64.9 Å². The van der Waals surface area contributed by atoms with Gasteiger partial charge < -0.3 is 5.32 Å². The van der Waals surface area contributed by atoms with Crippen molar-refractivity contribution < 1.29 is 13.2 Å². The van der Waals surface area contributed by atoms with Gasteiger partial charge in [0, 0.05) is 25.2 Å². The van der Waals surface area contributed by atoms with Crippen molar-refractivity contribution in [3.05, 3.63) is 29.8 Å². The van der Waals surface area contributed by atoms with Crippen molar-refractivity contribution in [1.29, 1.82) is 0 Å². The molecule has 1 aliphatic heterocycles. The molecule has 1 aromatic carbocycles. The molecule has 1 amide bonds. The Morgan fingerprint density at radius 2 is 1.73 bits per heavy atom. The number of carbonyl (C=O) groups excluding carboxylic acids is 1. The second-order valence-corrected chi connectivity index (χ2v) is 10.2. The average molecular weight is 381 g/mol. The van der Waals surface area contributed by atoms with E-state index >= 15 is 0 Å². The number of hydrogen-bond donors (Lipinski definition) is 1. The van der Waals surface area contributed by atoms with Gasteiger partial charge in [0.05, 0.1) is 5.75 Å². The van der Waals surface area contributed by atoms with Crippen LogP contribution in [0.5, 0.6) is 0 Å². The maximum atomic E-state index is 12.3. The molecule has 1 saturated heterocycles. The van der Waals surface area contributed by atoms with Crippen molar-refractivity contribution in [2.24, 2.45) is 0 Å². The van der Waals surface area contributed by atoms with E-state index in [1.54, 1.807) is 4.31 Å². The number of nitrogens with one attached hydrogen (secondary N) is 1. The number of carbonyl (C=O) groups is 1. The highest BCUT2D eigenvalue weighted by molar-refractivity contribution is 7.89. The lowest BCUT2D eigenvalue weighted by molar-refractivity contribution is -0.116. The third-order valence-corrected chi connectivity index (χ3v) is 6.73. The van der Waals surface area contributed by atoms with E-state index in [1.807, 2.05) is 24.3 Å². The van der Waals surface area contributed by atoms with Crippen LogP contribution < -0.4 is 5.32 Å². The number of hydrogen-bond acceptors (Lipinski definition) is 3. The van der Waals surface area contributed by atoms with Crippen LogP contribution in [0, 0.1) is 0 Å². The van der Waals surface area contributed by atoms with E-state index in [2.05, 4.69) is 26.1 Å². The zero-order valence-electron chi connectivity index (χ0n) is 16.3. The highest BCUT2D eigenvalue weighted by Gasteiger charge is 2.23. The van der Waals surface area contributed by atoms with Gasteiger partial charge in [0.15, 0.2) is 0 Å². The largest absolute Gasteiger partial charge is 0.326 e. The standard InChI is InChI=1S/C20H32N2O3S/c1-20(2,3)17-11-5-6-12-18(17)21-19(23)13-7-10-16-26(24,25)22-14-8-4-9-15-22/h5-6,11-12H,4,7-10,13-16H2,1-3H3,(H,21,23). The van der Waals surface area contributed by atoms with Crippen molar-refractivity contribution in [3.8, 4) is 0 Å². The average Bonchev–Trinajstić information content (AvgIpc) is 2.59. The van der Waals surface area contributed by atoms with Gasteiger partial charge in [-0.25, -0.2) is 12.7 Å². The van der Waals surface area contributed by atoms with E-state index in [-0.39, 0.29) is 17.1 Å². The molecular formula is C20H32N2O3S. The molecule has 1 N–H and O–H groups in total. The van der Waals surface area contributed by atoms with E-state index in [9.17, 15) is 13.2 Å². The van der Waals surface area contributed by atoms with E-state index < -0.39 is 10.0 Å². The lowest BCUT2D eigenvalue weighted by atomic mass is 9.86. The summed E-state index contributed by atoms with van der Waals surface area (Å²) in [6.45, 7) is 7.63. The van der Waals surface area contributed by atoms with Crippen LogP contribution in [0.15, 0.2) is 24.3 Å². The predicted molar refractivity (Wildman–Crippen MR) is 107 cm³/mol. The first-order chi connectivity index (χ1) is 12.2. The zero-order valence-corrected chi connectivity index (χ0v) is 17.1. The highest BCUT2D eigenvalue weighted by atomic mass is 32.2. The Bertz CT molecular complexity index is 702. The van der Waals surface area contributed by atoms with Gasteiger partial charge >= 0.3 is 0 Å². The Hall–Kier alpha value is -1.40. The fourth-order valence-electron chi connectivity index (χ4n) is 3.30. The molecule has 0 radical (unpaired) electrons. The number of benzene rings is 1. The maximum Gasteiger partial charge on any atom is 0.224 e. The fraction of sp³-hybridized carbons (Fsp3) is 0.650. The highest BCUT2D eigenvalue weighted by Crippen LogP contribution is 2.29. The number of para-hydroxylation sites is 1. The molecule has 26 heavy (non-hydrogen) atoms. The van der Waals surface area contributed by atoms with Crippen LogP contribution in [0.3, 0.4) is 0 Å². The van der Waals surface area contributed by atoms with Crippen molar-refractivity contribution >= 4 is 21.6 Å². The quantitative estimate of drug-likeness (QED) is 0.729. The molecule has 1 heterocycles. The third kappa shape index (κ3) is 6.09. The minimum absolute atomic E-state index is 0.0492. The Morgan fingerprint density at radius 1 is 1.08 bits per heavy atom. The van der Waals surface area contributed by atoms with Gasteiger partial charge in [0.1, 0.15) is 0 Å².